The van der Waals surface area contributed by atoms with Crippen molar-refractivity contribution in [1.82, 2.24) is 0 Å². The third-order valence-corrected chi connectivity index (χ3v) is 4.85. The topological polar surface area (TPSA) is 18.5 Å². The van der Waals surface area contributed by atoms with Crippen LogP contribution in [0.25, 0.3) is 0 Å². The average Bonchev–Trinajstić information content (AvgIpc) is 2.58. The van der Waals surface area contributed by atoms with Gasteiger partial charge in [-0.2, -0.15) is 0 Å². The molecule has 0 atom stereocenters. The smallest absolute Gasteiger partial charge is 0.127 e. The highest BCUT2D eigenvalue weighted by Crippen LogP contribution is 2.48. The zero-order valence-electron chi connectivity index (χ0n) is 12.1. The second-order valence-corrected chi connectivity index (χ2v) is 6.19. The van der Waals surface area contributed by atoms with Crippen molar-refractivity contribution in [2.45, 2.75) is 31.3 Å². The number of benzene rings is 2. The van der Waals surface area contributed by atoms with Crippen molar-refractivity contribution >= 4 is 0 Å². The number of ether oxygens (including phenoxy) is 2. The van der Waals surface area contributed by atoms with E-state index in [1.807, 2.05) is 36.4 Å². The molecule has 0 spiro atoms. The summed E-state index contributed by atoms with van der Waals surface area (Å²) in [5, 5.41) is 0. The quantitative estimate of drug-likeness (QED) is 0.796. The molecule has 0 aromatic heterocycles. The van der Waals surface area contributed by atoms with Gasteiger partial charge in [-0.25, -0.2) is 0 Å². The van der Waals surface area contributed by atoms with Gasteiger partial charge in [0.25, 0.3) is 0 Å². The summed E-state index contributed by atoms with van der Waals surface area (Å²) in [6, 6.07) is 18.4. The highest BCUT2D eigenvalue weighted by atomic mass is 16.5. The summed E-state index contributed by atoms with van der Waals surface area (Å²) in [6.45, 7) is 0.920. The van der Waals surface area contributed by atoms with E-state index >= 15 is 0 Å². The first kappa shape index (κ1) is 12.9. The summed E-state index contributed by atoms with van der Waals surface area (Å²) in [5.41, 5.74) is 1.21. The maximum Gasteiger partial charge on any atom is 0.127 e. The Bertz CT molecular complexity index is 599. The molecule has 2 saturated heterocycles. The number of hydrogen-bond donors (Lipinski definition) is 0. The third-order valence-electron chi connectivity index (χ3n) is 4.85. The van der Waals surface area contributed by atoms with Gasteiger partial charge in [0.1, 0.15) is 11.5 Å². The predicted molar refractivity (Wildman–Crippen MR) is 82.5 cm³/mol. The molecule has 2 nitrogen and oxygen atoms in total. The molecule has 1 aliphatic carbocycles. The average molecular weight is 280 g/mol. The molecule has 3 aliphatic rings. The lowest BCUT2D eigenvalue weighted by molar-refractivity contribution is -0.150. The molecular formula is C19H20O2. The van der Waals surface area contributed by atoms with Gasteiger partial charge in [-0.1, -0.05) is 30.3 Å². The summed E-state index contributed by atoms with van der Waals surface area (Å²) in [7, 11) is 0. The van der Waals surface area contributed by atoms with Crippen LogP contribution in [0.4, 0.5) is 0 Å². The fraction of sp³-hybridized carbons (Fsp3) is 0.368. The molecule has 2 aromatic carbocycles. The second-order valence-electron chi connectivity index (χ2n) is 6.19. The van der Waals surface area contributed by atoms with Crippen molar-refractivity contribution < 1.29 is 9.47 Å². The van der Waals surface area contributed by atoms with E-state index in [2.05, 4.69) is 18.2 Å². The van der Waals surface area contributed by atoms with Crippen molar-refractivity contribution in [3.8, 4) is 11.5 Å². The molecule has 2 aromatic rings. The van der Waals surface area contributed by atoms with Gasteiger partial charge in [0.05, 0.1) is 12.2 Å². The van der Waals surface area contributed by atoms with E-state index in [4.69, 9.17) is 9.47 Å². The lowest BCUT2D eigenvalue weighted by Crippen LogP contribution is -2.42. The Morgan fingerprint density at radius 2 is 1.67 bits per heavy atom. The molecule has 2 aliphatic heterocycles. The Kier molecular flexibility index (Phi) is 3.19. The number of rotatable bonds is 3. The van der Waals surface area contributed by atoms with Gasteiger partial charge in [0, 0.05) is 0 Å². The van der Waals surface area contributed by atoms with Crippen molar-refractivity contribution in [2.24, 2.45) is 5.92 Å². The highest BCUT2D eigenvalue weighted by Gasteiger charge is 2.42. The lowest BCUT2D eigenvalue weighted by Gasteiger charge is -2.46. The molecule has 0 unspecified atom stereocenters. The Hall–Kier alpha value is -1.80. The molecule has 2 heterocycles. The Balaban J connectivity index is 1.61. The molecule has 2 heteroatoms. The van der Waals surface area contributed by atoms with Gasteiger partial charge in [0.2, 0.25) is 0 Å². The number of fused-ring (bicyclic) bond motifs is 3. The highest BCUT2D eigenvalue weighted by molar-refractivity contribution is 5.36. The van der Waals surface area contributed by atoms with Crippen LogP contribution in [0.1, 0.15) is 31.2 Å². The van der Waals surface area contributed by atoms with Gasteiger partial charge < -0.3 is 9.47 Å². The number of para-hydroxylation sites is 1. The predicted octanol–water partition coefficient (Wildman–Crippen LogP) is 4.89. The van der Waals surface area contributed by atoms with Gasteiger partial charge in [-0.15, -0.1) is 0 Å². The standard InChI is InChI=1S/C19H20O2/c1-2-6-17(7-3-1)21-18-8-4-5-16(13-18)19-11-9-15(10-12-19)14-20-19/h1-8,13,15H,9-12,14H2. The van der Waals surface area contributed by atoms with Gasteiger partial charge in [-0.3, -0.25) is 0 Å². The molecule has 0 radical (unpaired) electrons. The van der Waals surface area contributed by atoms with Crippen LogP contribution in [-0.2, 0) is 10.3 Å². The van der Waals surface area contributed by atoms with Gasteiger partial charge >= 0.3 is 0 Å². The van der Waals surface area contributed by atoms with Crippen molar-refractivity contribution in [3.63, 3.8) is 0 Å². The van der Waals surface area contributed by atoms with Crippen LogP contribution in [-0.4, -0.2) is 6.61 Å². The summed E-state index contributed by atoms with van der Waals surface area (Å²) >= 11 is 0. The zero-order chi connectivity index (χ0) is 14.1. The molecule has 5 rings (SSSR count). The third kappa shape index (κ3) is 2.44. The summed E-state index contributed by atoms with van der Waals surface area (Å²) in [4.78, 5) is 0. The maximum atomic E-state index is 6.20. The van der Waals surface area contributed by atoms with Crippen LogP contribution in [0.3, 0.4) is 0 Å². The first-order valence-electron chi connectivity index (χ1n) is 7.81. The van der Waals surface area contributed by atoms with E-state index in [0.29, 0.717) is 0 Å². The summed E-state index contributed by atoms with van der Waals surface area (Å²) < 4.78 is 12.2. The Morgan fingerprint density at radius 1 is 0.905 bits per heavy atom. The largest absolute Gasteiger partial charge is 0.457 e. The fourth-order valence-electron chi connectivity index (χ4n) is 3.57. The molecule has 3 fully saturated rings. The van der Waals surface area contributed by atoms with E-state index in [1.54, 1.807) is 0 Å². The first-order chi connectivity index (χ1) is 10.3. The summed E-state index contributed by atoms with van der Waals surface area (Å²) in [6.07, 6.45) is 4.88. The fourth-order valence-corrected chi connectivity index (χ4v) is 3.57. The van der Waals surface area contributed by atoms with Crippen LogP contribution in [0.15, 0.2) is 54.6 Å². The Labute approximate surface area is 125 Å². The molecule has 2 bridgehead atoms. The monoisotopic (exact) mass is 280 g/mol. The van der Waals surface area contributed by atoms with Crippen molar-refractivity contribution in [2.75, 3.05) is 6.61 Å². The first-order valence-corrected chi connectivity index (χ1v) is 7.81. The van der Waals surface area contributed by atoms with Crippen molar-refractivity contribution in [3.05, 3.63) is 60.2 Å². The van der Waals surface area contributed by atoms with Gasteiger partial charge in [-0.05, 0) is 61.4 Å². The molecule has 0 N–H and O–H groups in total. The minimum atomic E-state index is -0.0647. The van der Waals surface area contributed by atoms with E-state index < -0.39 is 0 Å². The molecule has 108 valence electrons. The SMILES string of the molecule is c1ccc(Oc2cccc(C34CCC(CC3)CO4)c2)cc1. The molecule has 21 heavy (non-hydrogen) atoms. The minimum absolute atomic E-state index is 0.0647. The zero-order valence-corrected chi connectivity index (χ0v) is 12.1. The van der Waals surface area contributed by atoms with Crippen molar-refractivity contribution in [1.29, 1.82) is 0 Å². The molecular weight excluding hydrogens is 260 g/mol. The van der Waals surface area contributed by atoms with E-state index in [9.17, 15) is 0 Å². The normalized spacial score (nSPS) is 27.5. The lowest BCUT2D eigenvalue weighted by atomic mass is 9.72. The maximum absolute atomic E-state index is 6.20. The summed E-state index contributed by atoms with van der Waals surface area (Å²) in [5.74, 6) is 2.56. The Morgan fingerprint density at radius 3 is 2.38 bits per heavy atom. The van der Waals surface area contributed by atoms with Crippen LogP contribution in [0, 0.1) is 5.92 Å². The van der Waals surface area contributed by atoms with Crippen LogP contribution < -0.4 is 4.74 Å². The second kappa shape index (κ2) is 5.19. The van der Waals surface area contributed by atoms with Crippen LogP contribution in [0.5, 0.6) is 11.5 Å². The number of hydrogen-bond acceptors (Lipinski definition) is 2. The molecule has 0 amide bonds. The van der Waals surface area contributed by atoms with E-state index in [1.165, 1.54) is 18.4 Å². The molecule has 1 saturated carbocycles. The van der Waals surface area contributed by atoms with Crippen LogP contribution >= 0.6 is 0 Å². The van der Waals surface area contributed by atoms with E-state index in [0.717, 1.165) is 36.9 Å². The van der Waals surface area contributed by atoms with Gasteiger partial charge in [0.15, 0.2) is 0 Å². The minimum Gasteiger partial charge on any atom is -0.457 e. The van der Waals surface area contributed by atoms with E-state index in [-0.39, 0.29) is 5.60 Å². The van der Waals surface area contributed by atoms with Crippen LogP contribution in [0.2, 0.25) is 0 Å².